The van der Waals surface area contributed by atoms with Crippen molar-refractivity contribution in [1.29, 1.82) is 0 Å². The molecular weight excluding hydrogens is 272 g/mol. The van der Waals surface area contributed by atoms with Crippen molar-refractivity contribution in [2.45, 2.75) is 19.3 Å². The molecule has 0 heterocycles. The van der Waals surface area contributed by atoms with Gasteiger partial charge in [0.1, 0.15) is 0 Å². The Hall–Kier alpha value is -1.45. The molecule has 0 spiro atoms. The van der Waals surface area contributed by atoms with Gasteiger partial charge in [-0.3, -0.25) is 4.79 Å². The second-order valence-corrected chi connectivity index (χ2v) is 6.53. The molecule has 1 aliphatic rings. The SMILES string of the molecule is CN(C)CCCN(C)CCC1CC=C(c2ccccc2)C1=O. The van der Waals surface area contributed by atoms with Crippen molar-refractivity contribution in [2.24, 2.45) is 5.92 Å². The van der Waals surface area contributed by atoms with E-state index < -0.39 is 0 Å². The number of allylic oxidation sites excluding steroid dienone is 2. The van der Waals surface area contributed by atoms with E-state index in [-0.39, 0.29) is 5.92 Å². The lowest BCUT2D eigenvalue weighted by Crippen LogP contribution is -2.26. The number of Topliss-reactive ketones (excluding diaryl/α,β-unsaturated/α-hetero) is 1. The van der Waals surface area contributed by atoms with Gasteiger partial charge in [0.25, 0.3) is 0 Å². The number of benzene rings is 1. The Bertz CT molecular complexity index is 507. The van der Waals surface area contributed by atoms with Crippen LogP contribution in [-0.2, 0) is 4.79 Å². The van der Waals surface area contributed by atoms with Crippen LogP contribution in [0.1, 0.15) is 24.8 Å². The van der Waals surface area contributed by atoms with Gasteiger partial charge in [0.2, 0.25) is 0 Å². The van der Waals surface area contributed by atoms with Crippen LogP contribution in [0.15, 0.2) is 36.4 Å². The summed E-state index contributed by atoms with van der Waals surface area (Å²) < 4.78 is 0. The Kier molecular flexibility index (Phi) is 6.34. The molecule has 22 heavy (non-hydrogen) atoms. The second-order valence-electron chi connectivity index (χ2n) is 6.53. The van der Waals surface area contributed by atoms with Crippen LogP contribution in [-0.4, -0.2) is 56.4 Å². The summed E-state index contributed by atoms with van der Waals surface area (Å²) in [4.78, 5) is 17.1. The number of ketones is 1. The zero-order chi connectivity index (χ0) is 15.9. The Balaban J connectivity index is 1.76. The van der Waals surface area contributed by atoms with Crippen molar-refractivity contribution in [3.05, 3.63) is 42.0 Å². The number of rotatable bonds is 8. The highest BCUT2D eigenvalue weighted by Gasteiger charge is 2.27. The summed E-state index contributed by atoms with van der Waals surface area (Å²) in [5, 5.41) is 0. The number of carbonyl (C=O) groups excluding carboxylic acids is 1. The maximum absolute atomic E-state index is 12.5. The maximum atomic E-state index is 12.5. The van der Waals surface area contributed by atoms with E-state index in [0.717, 1.165) is 43.6 Å². The van der Waals surface area contributed by atoms with Crippen LogP contribution < -0.4 is 0 Å². The van der Waals surface area contributed by atoms with E-state index in [0.29, 0.717) is 5.78 Å². The fourth-order valence-corrected chi connectivity index (χ4v) is 2.96. The third-order valence-electron chi connectivity index (χ3n) is 4.33. The van der Waals surface area contributed by atoms with Crippen molar-refractivity contribution in [2.75, 3.05) is 40.8 Å². The van der Waals surface area contributed by atoms with Crippen molar-refractivity contribution < 1.29 is 4.79 Å². The molecule has 1 aromatic carbocycles. The van der Waals surface area contributed by atoms with E-state index in [1.165, 1.54) is 6.42 Å². The van der Waals surface area contributed by atoms with E-state index in [1.807, 2.05) is 30.3 Å². The van der Waals surface area contributed by atoms with Crippen LogP contribution in [0.3, 0.4) is 0 Å². The molecule has 1 aliphatic carbocycles. The van der Waals surface area contributed by atoms with E-state index in [4.69, 9.17) is 0 Å². The number of hydrogen-bond donors (Lipinski definition) is 0. The van der Waals surface area contributed by atoms with E-state index in [2.05, 4.69) is 37.0 Å². The summed E-state index contributed by atoms with van der Waals surface area (Å²) >= 11 is 0. The Morgan fingerprint density at radius 1 is 1.05 bits per heavy atom. The van der Waals surface area contributed by atoms with Gasteiger partial charge in [-0.25, -0.2) is 0 Å². The first-order valence-corrected chi connectivity index (χ1v) is 8.21. The molecule has 0 fully saturated rings. The molecule has 0 saturated carbocycles. The first-order valence-electron chi connectivity index (χ1n) is 8.21. The molecule has 0 N–H and O–H groups in total. The van der Waals surface area contributed by atoms with Crippen molar-refractivity contribution in [3.8, 4) is 0 Å². The molecule has 0 bridgehead atoms. The third kappa shape index (κ3) is 4.79. The quantitative estimate of drug-likeness (QED) is 0.737. The largest absolute Gasteiger partial charge is 0.309 e. The van der Waals surface area contributed by atoms with Gasteiger partial charge >= 0.3 is 0 Å². The van der Waals surface area contributed by atoms with Gasteiger partial charge in [-0.15, -0.1) is 0 Å². The summed E-state index contributed by atoms with van der Waals surface area (Å²) in [6, 6.07) is 10.0. The number of carbonyl (C=O) groups is 1. The van der Waals surface area contributed by atoms with Gasteiger partial charge in [-0.05, 0) is 65.6 Å². The second kappa shape index (κ2) is 8.25. The smallest absolute Gasteiger partial charge is 0.166 e. The number of hydrogen-bond acceptors (Lipinski definition) is 3. The molecule has 0 aromatic heterocycles. The van der Waals surface area contributed by atoms with Crippen LogP contribution in [0.5, 0.6) is 0 Å². The molecule has 120 valence electrons. The maximum Gasteiger partial charge on any atom is 0.166 e. The van der Waals surface area contributed by atoms with Gasteiger partial charge in [0.05, 0.1) is 0 Å². The van der Waals surface area contributed by atoms with Crippen molar-refractivity contribution >= 4 is 11.4 Å². The summed E-state index contributed by atoms with van der Waals surface area (Å²) in [6.07, 6.45) is 5.16. The van der Waals surface area contributed by atoms with Gasteiger partial charge in [0, 0.05) is 11.5 Å². The minimum Gasteiger partial charge on any atom is -0.309 e. The predicted octanol–water partition coefficient (Wildman–Crippen LogP) is 2.93. The summed E-state index contributed by atoms with van der Waals surface area (Å²) in [5.74, 6) is 0.499. The van der Waals surface area contributed by atoms with Crippen LogP contribution in [0, 0.1) is 5.92 Å². The summed E-state index contributed by atoms with van der Waals surface area (Å²) in [5.41, 5.74) is 1.98. The molecule has 0 saturated heterocycles. The van der Waals surface area contributed by atoms with E-state index in [9.17, 15) is 4.79 Å². The molecule has 3 nitrogen and oxygen atoms in total. The molecule has 0 aliphatic heterocycles. The first kappa shape index (κ1) is 16.9. The topological polar surface area (TPSA) is 23.6 Å². The zero-order valence-corrected chi connectivity index (χ0v) is 14.1. The van der Waals surface area contributed by atoms with Gasteiger partial charge in [-0.2, -0.15) is 0 Å². The molecule has 3 heteroatoms. The lowest BCUT2D eigenvalue weighted by atomic mass is 9.96. The highest BCUT2D eigenvalue weighted by atomic mass is 16.1. The van der Waals surface area contributed by atoms with Crippen LogP contribution in [0.25, 0.3) is 5.57 Å². The highest BCUT2D eigenvalue weighted by Crippen LogP contribution is 2.30. The van der Waals surface area contributed by atoms with Crippen LogP contribution >= 0.6 is 0 Å². The molecule has 1 aromatic rings. The standard InChI is InChI=1S/C19H28N2O/c1-20(2)13-7-14-21(3)15-12-17-10-11-18(19(17)22)16-8-5-4-6-9-16/h4-6,8-9,11,17H,7,10,12-15H2,1-3H3. The molecule has 0 amide bonds. The van der Waals surface area contributed by atoms with Crippen LogP contribution in [0.2, 0.25) is 0 Å². The van der Waals surface area contributed by atoms with Crippen LogP contribution in [0.4, 0.5) is 0 Å². The molecular formula is C19H28N2O. The first-order chi connectivity index (χ1) is 10.6. The third-order valence-corrected chi connectivity index (χ3v) is 4.33. The molecule has 1 unspecified atom stereocenters. The Labute approximate surface area is 134 Å². The number of nitrogens with zero attached hydrogens (tertiary/aromatic N) is 2. The van der Waals surface area contributed by atoms with Crippen molar-refractivity contribution in [3.63, 3.8) is 0 Å². The fraction of sp³-hybridized carbons (Fsp3) is 0.526. The molecule has 0 radical (unpaired) electrons. The predicted molar refractivity (Wildman–Crippen MR) is 92.8 cm³/mol. The average molecular weight is 300 g/mol. The minimum absolute atomic E-state index is 0.173. The van der Waals surface area contributed by atoms with Gasteiger partial charge < -0.3 is 9.80 Å². The summed E-state index contributed by atoms with van der Waals surface area (Å²) in [6.45, 7) is 3.21. The monoisotopic (exact) mass is 300 g/mol. The van der Waals surface area contributed by atoms with E-state index in [1.54, 1.807) is 0 Å². The zero-order valence-electron chi connectivity index (χ0n) is 14.1. The van der Waals surface area contributed by atoms with E-state index >= 15 is 0 Å². The van der Waals surface area contributed by atoms with Gasteiger partial charge in [0.15, 0.2) is 5.78 Å². The average Bonchev–Trinajstić information content (AvgIpc) is 2.87. The lowest BCUT2D eigenvalue weighted by Gasteiger charge is -2.19. The van der Waals surface area contributed by atoms with Gasteiger partial charge in [-0.1, -0.05) is 36.4 Å². The Morgan fingerprint density at radius 3 is 2.45 bits per heavy atom. The normalized spacial score (nSPS) is 18.3. The highest BCUT2D eigenvalue weighted by molar-refractivity contribution is 6.23. The fourth-order valence-electron chi connectivity index (χ4n) is 2.96. The molecule has 2 rings (SSSR count). The Morgan fingerprint density at radius 2 is 1.77 bits per heavy atom. The van der Waals surface area contributed by atoms with Crippen molar-refractivity contribution in [1.82, 2.24) is 9.80 Å². The lowest BCUT2D eigenvalue weighted by molar-refractivity contribution is -0.116. The summed E-state index contributed by atoms with van der Waals surface area (Å²) in [7, 11) is 6.36. The molecule has 1 atom stereocenters. The minimum atomic E-state index is 0.173.